The third-order valence-electron chi connectivity index (χ3n) is 4.61. The number of amides is 1. The van der Waals surface area contributed by atoms with Crippen LogP contribution in [0.25, 0.3) is 11.4 Å². The zero-order chi connectivity index (χ0) is 21.6. The van der Waals surface area contributed by atoms with Crippen molar-refractivity contribution in [3.8, 4) is 11.4 Å². The van der Waals surface area contributed by atoms with Gasteiger partial charge in [-0.3, -0.25) is 14.9 Å². The molecule has 1 amide bonds. The molecule has 4 aromatic rings. The van der Waals surface area contributed by atoms with E-state index >= 15 is 0 Å². The highest BCUT2D eigenvalue weighted by molar-refractivity contribution is 5.91. The Morgan fingerprint density at radius 3 is 2.65 bits per heavy atom. The number of hydrogen-bond donors (Lipinski definition) is 0. The number of benzene rings is 2. The summed E-state index contributed by atoms with van der Waals surface area (Å²) in [6.07, 6.45) is 1.78. The van der Waals surface area contributed by atoms with Crippen molar-refractivity contribution in [1.82, 2.24) is 15.0 Å². The van der Waals surface area contributed by atoms with E-state index in [0.717, 1.165) is 5.56 Å². The Morgan fingerprint density at radius 2 is 1.90 bits per heavy atom. The first-order chi connectivity index (χ1) is 15.1. The summed E-state index contributed by atoms with van der Waals surface area (Å²) in [5, 5.41) is 14.9. The van der Waals surface area contributed by atoms with Crippen molar-refractivity contribution in [2.45, 2.75) is 13.0 Å². The summed E-state index contributed by atoms with van der Waals surface area (Å²) in [6.45, 7) is 0.719. The Bertz CT molecular complexity index is 1170. The summed E-state index contributed by atoms with van der Waals surface area (Å²) in [4.78, 5) is 29.3. The molecule has 0 saturated heterocycles. The zero-order valence-corrected chi connectivity index (χ0v) is 16.4. The summed E-state index contributed by atoms with van der Waals surface area (Å²) in [7, 11) is 0. The lowest BCUT2D eigenvalue weighted by atomic mass is 10.2. The number of carbonyl (C=O) groups is 1. The van der Waals surface area contributed by atoms with Gasteiger partial charge in [-0.15, -0.1) is 0 Å². The SMILES string of the molecule is O=C(c1ccco1)N(CCc1nc(-c2cccc([N+](=O)[O-])c2)no1)Cc1ccccc1. The predicted molar refractivity (Wildman–Crippen MR) is 110 cm³/mol. The first-order valence-corrected chi connectivity index (χ1v) is 9.54. The summed E-state index contributed by atoms with van der Waals surface area (Å²) >= 11 is 0. The van der Waals surface area contributed by atoms with Gasteiger partial charge in [-0.1, -0.05) is 47.6 Å². The quantitative estimate of drug-likeness (QED) is 0.312. The van der Waals surface area contributed by atoms with E-state index in [2.05, 4.69) is 10.1 Å². The standard InChI is InChI=1S/C22H18N4O5/c27-22(19-10-5-13-30-19)25(15-16-6-2-1-3-7-16)12-11-20-23-21(24-31-20)17-8-4-9-18(14-17)26(28)29/h1-10,13-14H,11-12,15H2. The molecule has 0 aliphatic rings. The van der Waals surface area contributed by atoms with Crippen LogP contribution in [0.5, 0.6) is 0 Å². The molecular formula is C22H18N4O5. The molecule has 0 spiro atoms. The molecule has 2 heterocycles. The van der Waals surface area contributed by atoms with Crippen LogP contribution in [0.3, 0.4) is 0 Å². The third kappa shape index (κ3) is 4.84. The second-order valence-corrected chi connectivity index (χ2v) is 6.76. The van der Waals surface area contributed by atoms with Crippen LogP contribution >= 0.6 is 0 Å². The van der Waals surface area contributed by atoms with Crippen molar-refractivity contribution in [3.05, 3.63) is 100 Å². The molecule has 0 atom stereocenters. The van der Waals surface area contributed by atoms with Crippen molar-refractivity contribution >= 4 is 11.6 Å². The van der Waals surface area contributed by atoms with Crippen LogP contribution in [0.4, 0.5) is 5.69 Å². The van der Waals surface area contributed by atoms with E-state index in [1.807, 2.05) is 30.3 Å². The van der Waals surface area contributed by atoms with E-state index in [1.165, 1.54) is 18.4 Å². The minimum atomic E-state index is -0.480. The van der Waals surface area contributed by atoms with Crippen molar-refractivity contribution in [2.24, 2.45) is 0 Å². The van der Waals surface area contributed by atoms with Gasteiger partial charge >= 0.3 is 0 Å². The van der Waals surface area contributed by atoms with Gasteiger partial charge in [-0.25, -0.2) is 0 Å². The molecule has 2 aromatic heterocycles. The van der Waals surface area contributed by atoms with Gasteiger partial charge in [0, 0.05) is 37.2 Å². The van der Waals surface area contributed by atoms with Gasteiger partial charge in [0.25, 0.3) is 11.6 Å². The van der Waals surface area contributed by atoms with E-state index in [-0.39, 0.29) is 23.2 Å². The summed E-state index contributed by atoms with van der Waals surface area (Å²) in [5.41, 5.74) is 1.41. The van der Waals surface area contributed by atoms with Crippen LogP contribution in [-0.2, 0) is 13.0 Å². The number of nitro groups is 1. The van der Waals surface area contributed by atoms with Gasteiger partial charge < -0.3 is 13.8 Å². The average molecular weight is 418 g/mol. The number of hydrogen-bond acceptors (Lipinski definition) is 7. The van der Waals surface area contributed by atoms with E-state index in [9.17, 15) is 14.9 Å². The maximum absolute atomic E-state index is 12.9. The number of rotatable bonds is 8. The topological polar surface area (TPSA) is 116 Å². The lowest BCUT2D eigenvalue weighted by molar-refractivity contribution is -0.384. The van der Waals surface area contributed by atoms with Gasteiger partial charge in [0.1, 0.15) is 0 Å². The minimum absolute atomic E-state index is 0.0538. The first-order valence-electron chi connectivity index (χ1n) is 9.54. The monoisotopic (exact) mass is 418 g/mol. The molecule has 0 aliphatic carbocycles. The minimum Gasteiger partial charge on any atom is -0.459 e. The Hall–Kier alpha value is -4.27. The molecule has 9 nitrogen and oxygen atoms in total. The molecule has 2 aromatic carbocycles. The fourth-order valence-electron chi connectivity index (χ4n) is 3.08. The highest BCUT2D eigenvalue weighted by Gasteiger charge is 2.20. The van der Waals surface area contributed by atoms with Crippen molar-refractivity contribution in [3.63, 3.8) is 0 Å². The molecular weight excluding hydrogens is 400 g/mol. The van der Waals surface area contributed by atoms with Crippen LogP contribution < -0.4 is 0 Å². The molecule has 0 fully saturated rings. The Morgan fingerprint density at radius 1 is 1.06 bits per heavy atom. The Labute approximate surface area is 177 Å². The van der Waals surface area contributed by atoms with E-state index in [4.69, 9.17) is 8.94 Å². The lowest BCUT2D eigenvalue weighted by Crippen LogP contribution is -2.32. The number of aromatic nitrogens is 2. The van der Waals surface area contributed by atoms with Crippen molar-refractivity contribution in [2.75, 3.05) is 6.54 Å². The molecule has 4 rings (SSSR count). The predicted octanol–water partition coefficient (Wildman–Crippen LogP) is 4.12. The molecule has 0 radical (unpaired) electrons. The maximum atomic E-state index is 12.9. The summed E-state index contributed by atoms with van der Waals surface area (Å²) in [5.74, 6) is 0.587. The molecule has 0 unspecified atom stereocenters. The second kappa shape index (κ2) is 9.04. The largest absolute Gasteiger partial charge is 0.459 e. The van der Waals surface area contributed by atoms with Crippen LogP contribution in [0.15, 0.2) is 81.9 Å². The molecule has 0 bridgehead atoms. The summed E-state index contributed by atoms with van der Waals surface area (Å²) in [6, 6.07) is 18.9. The van der Waals surface area contributed by atoms with Crippen LogP contribution in [-0.4, -0.2) is 32.4 Å². The fraction of sp³-hybridized carbons (Fsp3) is 0.136. The highest BCUT2D eigenvalue weighted by Crippen LogP contribution is 2.21. The maximum Gasteiger partial charge on any atom is 0.289 e. The van der Waals surface area contributed by atoms with Gasteiger partial charge in [-0.05, 0) is 17.7 Å². The van der Waals surface area contributed by atoms with Gasteiger partial charge in [-0.2, -0.15) is 4.98 Å². The lowest BCUT2D eigenvalue weighted by Gasteiger charge is -2.21. The van der Waals surface area contributed by atoms with Crippen LogP contribution in [0, 0.1) is 10.1 Å². The van der Waals surface area contributed by atoms with Gasteiger partial charge in [0.2, 0.25) is 11.7 Å². The van der Waals surface area contributed by atoms with Gasteiger partial charge in [0.05, 0.1) is 11.2 Å². The molecule has 0 N–H and O–H groups in total. The number of nitrogens with zero attached hydrogens (tertiary/aromatic N) is 4. The van der Waals surface area contributed by atoms with E-state index in [0.29, 0.717) is 31.0 Å². The Balaban J connectivity index is 1.49. The molecule has 0 aliphatic heterocycles. The van der Waals surface area contributed by atoms with Crippen molar-refractivity contribution < 1.29 is 18.7 Å². The number of carbonyl (C=O) groups excluding carboxylic acids is 1. The van der Waals surface area contributed by atoms with E-state index in [1.54, 1.807) is 29.2 Å². The van der Waals surface area contributed by atoms with Crippen LogP contribution in [0.1, 0.15) is 22.0 Å². The smallest absolute Gasteiger partial charge is 0.289 e. The molecule has 31 heavy (non-hydrogen) atoms. The van der Waals surface area contributed by atoms with E-state index < -0.39 is 4.92 Å². The molecule has 0 saturated carbocycles. The Kier molecular flexibility index (Phi) is 5.84. The average Bonchev–Trinajstić information content (AvgIpc) is 3.49. The number of furan rings is 1. The number of nitro benzene ring substituents is 1. The number of non-ortho nitro benzene ring substituents is 1. The zero-order valence-electron chi connectivity index (χ0n) is 16.4. The molecule has 156 valence electrons. The second-order valence-electron chi connectivity index (χ2n) is 6.76. The highest BCUT2D eigenvalue weighted by atomic mass is 16.6. The summed E-state index contributed by atoms with van der Waals surface area (Å²) < 4.78 is 10.6. The van der Waals surface area contributed by atoms with Crippen molar-refractivity contribution in [1.29, 1.82) is 0 Å². The third-order valence-corrected chi connectivity index (χ3v) is 4.61. The normalized spacial score (nSPS) is 10.7. The van der Waals surface area contributed by atoms with Crippen LogP contribution in [0.2, 0.25) is 0 Å². The fourth-order valence-corrected chi connectivity index (χ4v) is 3.08. The first kappa shape index (κ1) is 20.0. The molecule has 9 heteroatoms. The van der Waals surface area contributed by atoms with Gasteiger partial charge in [0.15, 0.2) is 5.76 Å².